The lowest BCUT2D eigenvalue weighted by Gasteiger charge is -2.08. The number of nitrogens with zero attached hydrogens (tertiary/aromatic N) is 3. The van der Waals surface area contributed by atoms with Gasteiger partial charge in [0.05, 0.1) is 7.11 Å². The maximum atomic E-state index is 5.60. The van der Waals surface area contributed by atoms with Crippen molar-refractivity contribution in [1.82, 2.24) is 15.0 Å². The number of hydrogen-bond acceptors (Lipinski definition) is 6. The first-order valence-electron chi connectivity index (χ1n) is 6.62. The number of methoxy groups -OCH3 is 1. The fraction of sp³-hybridized carbons (Fsp3) is 0.357. The van der Waals surface area contributed by atoms with Crippen molar-refractivity contribution in [2.24, 2.45) is 0 Å². The first-order chi connectivity index (χ1) is 10.2. The van der Waals surface area contributed by atoms with Crippen molar-refractivity contribution in [3.05, 3.63) is 34.3 Å². The molecule has 1 heterocycles. The third-order valence-electron chi connectivity index (χ3n) is 2.59. The number of nitrogens with one attached hydrogen (secondary N) is 1. The van der Waals surface area contributed by atoms with Crippen LogP contribution in [0, 0.1) is 0 Å². The van der Waals surface area contributed by atoms with Crippen LogP contribution >= 0.6 is 15.9 Å². The Morgan fingerprint density at radius 2 is 1.81 bits per heavy atom. The number of ether oxygens (including phenoxy) is 2. The second kappa shape index (κ2) is 7.78. The summed E-state index contributed by atoms with van der Waals surface area (Å²) in [7, 11) is 1.51. The lowest BCUT2D eigenvalue weighted by atomic mass is 10.2. The number of benzene rings is 1. The first kappa shape index (κ1) is 15.5. The molecule has 2 aromatic rings. The molecule has 6 nitrogen and oxygen atoms in total. The van der Waals surface area contributed by atoms with Gasteiger partial charge in [-0.2, -0.15) is 9.97 Å². The van der Waals surface area contributed by atoms with Crippen molar-refractivity contribution in [3.63, 3.8) is 0 Å². The zero-order chi connectivity index (χ0) is 15.1. The van der Waals surface area contributed by atoms with Crippen molar-refractivity contribution in [2.75, 3.05) is 19.0 Å². The molecular weight excluding hydrogens is 336 g/mol. The topological polar surface area (TPSA) is 69.2 Å². The van der Waals surface area contributed by atoms with Gasteiger partial charge in [-0.1, -0.05) is 35.0 Å². The Balaban J connectivity index is 2.05. The summed E-state index contributed by atoms with van der Waals surface area (Å²) in [4.78, 5) is 12.4. The maximum absolute atomic E-state index is 5.60. The molecule has 0 fully saturated rings. The predicted octanol–water partition coefficient (Wildman–Crippen LogP) is 3.04. The van der Waals surface area contributed by atoms with Crippen LogP contribution in [-0.4, -0.2) is 28.6 Å². The van der Waals surface area contributed by atoms with E-state index in [0.717, 1.165) is 23.0 Å². The molecule has 1 aromatic carbocycles. The van der Waals surface area contributed by atoms with Gasteiger partial charge in [0.1, 0.15) is 6.61 Å². The highest BCUT2D eigenvalue weighted by atomic mass is 79.9. The highest BCUT2D eigenvalue weighted by Crippen LogP contribution is 2.15. The summed E-state index contributed by atoms with van der Waals surface area (Å²) < 4.78 is 11.7. The average Bonchev–Trinajstić information content (AvgIpc) is 2.52. The normalized spacial score (nSPS) is 10.2. The minimum absolute atomic E-state index is 0.231. The van der Waals surface area contributed by atoms with E-state index in [0.29, 0.717) is 12.6 Å². The highest BCUT2D eigenvalue weighted by molar-refractivity contribution is 9.10. The third-order valence-corrected chi connectivity index (χ3v) is 3.12. The molecule has 112 valence electrons. The number of rotatable bonds is 7. The Kier molecular flexibility index (Phi) is 5.74. The second-order valence-corrected chi connectivity index (χ2v) is 5.19. The standard InChI is InChI=1S/C14H17BrN4O2/c1-3-8-16-12-17-13(20-2)19-14(18-12)21-9-10-4-6-11(15)7-5-10/h4-7H,3,8-9H2,1-2H3,(H,16,17,18,19). The van der Waals surface area contributed by atoms with Gasteiger partial charge >= 0.3 is 12.0 Å². The summed E-state index contributed by atoms with van der Waals surface area (Å²) in [5, 5.41) is 3.09. The molecule has 1 N–H and O–H groups in total. The summed E-state index contributed by atoms with van der Waals surface area (Å²) >= 11 is 3.40. The molecule has 7 heteroatoms. The minimum Gasteiger partial charge on any atom is -0.467 e. The molecule has 0 radical (unpaired) electrons. The molecule has 0 spiro atoms. The monoisotopic (exact) mass is 352 g/mol. The summed E-state index contributed by atoms with van der Waals surface area (Å²) in [6, 6.07) is 8.33. The van der Waals surface area contributed by atoms with Gasteiger partial charge in [-0.25, -0.2) is 0 Å². The summed E-state index contributed by atoms with van der Waals surface area (Å²) in [5.41, 5.74) is 1.03. The van der Waals surface area contributed by atoms with E-state index in [2.05, 4.69) is 43.1 Å². The summed E-state index contributed by atoms with van der Waals surface area (Å²) in [5.74, 6) is 0.453. The third kappa shape index (κ3) is 4.86. The van der Waals surface area contributed by atoms with Crippen LogP contribution in [0.25, 0.3) is 0 Å². The Bertz CT molecular complexity index is 578. The van der Waals surface area contributed by atoms with Gasteiger partial charge in [-0.05, 0) is 24.1 Å². The summed E-state index contributed by atoms with van der Waals surface area (Å²) in [6.07, 6.45) is 0.975. The molecule has 0 bridgehead atoms. The molecule has 0 aliphatic carbocycles. The van der Waals surface area contributed by atoms with E-state index in [1.807, 2.05) is 24.3 Å². The van der Waals surface area contributed by atoms with Crippen LogP contribution in [-0.2, 0) is 6.61 Å². The van der Waals surface area contributed by atoms with Crippen molar-refractivity contribution in [2.45, 2.75) is 20.0 Å². The van der Waals surface area contributed by atoms with Gasteiger partial charge in [-0.3, -0.25) is 0 Å². The largest absolute Gasteiger partial charge is 0.467 e. The lowest BCUT2D eigenvalue weighted by Crippen LogP contribution is -2.09. The van der Waals surface area contributed by atoms with Crippen molar-refractivity contribution < 1.29 is 9.47 Å². The first-order valence-corrected chi connectivity index (χ1v) is 7.41. The number of anilines is 1. The quantitative estimate of drug-likeness (QED) is 0.825. The smallest absolute Gasteiger partial charge is 0.324 e. The van der Waals surface area contributed by atoms with Crippen LogP contribution in [0.5, 0.6) is 12.0 Å². The van der Waals surface area contributed by atoms with Gasteiger partial charge in [0.25, 0.3) is 0 Å². The minimum atomic E-state index is 0.231. The Morgan fingerprint density at radius 1 is 1.10 bits per heavy atom. The van der Waals surface area contributed by atoms with E-state index in [9.17, 15) is 0 Å². The van der Waals surface area contributed by atoms with Crippen LogP contribution in [0.3, 0.4) is 0 Å². The Labute approximate surface area is 132 Å². The van der Waals surface area contributed by atoms with Crippen LogP contribution in [0.4, 0.5) is 5.95 Å². The van der Waals surface area contributed by atoms with Crippen molar-refractivity contribution in [3.8, 4) is 12.0 Å². The molecular formula is C14H17BrN4O2. The SMILES string of the molecule is CCCNc1nc(OC)nc(OCc2ccc(Br)cc2)n1. The highest BCUT2D eigenvalue weighted by Gasteiger charge is 2.07. The molecule has 0 atom stereocenters. The lowest BCUT2D eigenvalue weighted by molar-refractivity contribution is 0.271. The van der Waals surface area contributed by atoms with Crippen LogP contribution in [0.15, 0.2) is 28.7 Å². The van der Waals surface area contributed by atoms with E-state index in [-0.39, 0.29) is 12.0 Å². The number of aromatic nitrogens is 3. The van der Waals surface area contributed by atoms with Crippen LogP contribution < -0.4 is 14.8 Å². The maximum Gasteiger partial charge on any atom is 0.324 e. The van der Waals surface area contributed by atoms with Gasteiger partial charge in [0.2, 0.25) is 5.95 Å². The fourth-order valence-corrected chi connectivity index (χ4v) is 1.80. The fourth-order valence-electron chi connectivity index (χ4n) is 1.54. The summed E-state index contributed by atoms with van der Waals surface area (Å²) in [6.45, 7) is 3.23. The van der Waals surface area contributed by atoms with Crippen molar-refractivity contribution in [1.29, 1.82) is 0 Å². The van der Waals surface area contributed by atoms with E-state index < -0.39 is 0 Å². The molecule has 0 aliphatic rings. The van der Waals surface area contributed by atoms with E-state index in [1.54, 1.807) is 0 Å². The van der Waals surface area contributed by atoms with Crippen LogP contribution in [0.2, 0.25) is 0 Å². The average molecular weight is 353 g/mol. The van der Waals surface area contributed by atoms with E-state index in [1.165, 1.54) is 7.11 Å². The van der Waals surface area contributed by atoms with E-state index in [4.69, 9.17) is 9.47 Å². The van der Waals surface area contributed by atoms with Gasteiger partial charge in [0.15, 0.2) is 0 Å². The molecule has 0 amide bonds. The Hall–Kier alpha value is -1.89. The Morgan fingerprint density at radius 3 is 2.48 bits per heavy atom. The molecule has 0 unspecified atom stereocenters. The molecule has 2 rings (SSSR count). The molecule has 0 saturated heterocycles. The second-order valence-electron chi connectivity index (χ2n) is 4.27. The van der Waals surface area contributed by atoms with Gasteiger partial charge in [-0.15, -0.1) is 4.98 Å². The molecule has 1 aromatic heterocycles. The van der Waals surface area contributed by atoms with Gasteiger partial charge in [0, 0.05) is 11.0 Å². The van der Waals surface area contributed by atoms with E-state index >= 15 is 0 Å². The van der Waals surface area contributed by atoms with Crippen molar-refractivity contribution >= 4 is 21.9 Å². The zero-order valence-corrected chi connectivity index (χ0v) is 13.6. The molecule has 0 saturated carbocycles. The number of hydrogen-bond donors (Lipinski definition) is 1. The zero-order valence-electron chi connectivity index (χ0n) is 12.0. The predicted molar refractivity (Wildman–Crippen MR) is 83.6 cm³/mol. The van der Waals surface area contributed by atoms with Crippen LogP contribution in [0.1, 0.15) is 18.9 Å². The van der Waals surface area contributed by atoms with Gasteiger partial charge < -0.3 is 14.8 Å². The molecule has 21 heavy (non-hydrogen) atoms. The molecule has 0 aliphatic heterocycles. The number of halogens is 1.